The number of hydrogen-bond donors (Lipinski definition) is 3. The molecule has 2 aliphatic rings. The molecule has 0 bridgehead atoms. The van der Waals surface area contributed by atoms with Crippen molar-refractivity contribution in [3.8, 4) is 0 Å². The standard InChI is InChI=1S/C11H18N4O/c1-4-12-5-2-8(1)13-11-9-7-16-6-3-10(9)14-15-11/h8,12H,1-7H2,(H2,13,14,15). The van der Waals surface area contributed by atoms with Crippen LogP contribution >= 0.6 is 0 Å². The van der Waals surface area contributed by atoms with E-state index in [-0.39, 0.29) is 0 Å². The van der Waals surface area contributed by atoms with Gasteiger partial charge in [0, 0.05) is 23.7 Å². The van der Waals surface area contributed by atoms with Crippen molar-refractivity contribution in [3.05, 3.63) is 11.3 Å². The number of ether oxygens (including phenoxy) is 1. The molecular formula is C11H18N4O. The summed E-state index contributed by atoms with van der Waals surface area (Å²) in [5.41, 5.74) is 2.47. The fourth-order valence-electron chi connectivity index (χ4n) is 2.39. The molecular weight excluding hydrogens is 204 g/mol. The third-order valence-corrected chi connectivity index (χ3v) is 3.38. The first-order valence-electron chi connectivity index (χ1n) is 6.04. The second kappa shape index (κ2) is 4.43. The molecule has 0 unspecified atom stereocenters. The van der Waals surface area contributed by atoms with Gasteiger partial charge >= 0.3 is 0 Å². The predicted molar refractivity (Wildman–Crippen MR) is 61.5 cm³/mol. The van der Waals surface area contributed by atoms with Crippen LogP contribution in [-0.2, 0) is 17.8 Å². The van der Waals surface area contributed by atoms with Gasteiger partial charge in [0.2, 0.25) is 0 Å². The molecule has 3 heterocycles. The van der Waals surface area contributed by atoms with Gasteiger partial charge in [0.1, 0.15) is 0 Å². The number of nitrogens with zero attached hydrogens (tertiary/aromatic N) is 1. The summed E-state index contributed by atoms with van der Waals surface area (Å²) in [5, 5.41) is 14.4. The first kappa shape index (κ1) is 10.1. The van der Waals surface area contributed by atoms with Gasteiger partial charge in [-0.1, -0.05) is 0 Å². The van der Waals surface area contributed by atoms with Gasteiger partial charge in [0.25, 0.3) is 0 Å². The Morgan fingerprint density at radius 3 is 3.06 bits per heavy atom. The molecule has 0 radical (unpaired) electrons. The van der Waals surface area contributed by atoms with Gasteiger partial charge in [0.05, 0.1) is 13.2 Å². The molecule has 0 saturated carbocycles. The highest BCUT2D eigenvalue weighted by molar-refractivity contribution is 5.47. The molecule has 5 heteroatoms. The Kier molecular flexibility index (Phi) is 2.80. The molecule has 0 aromatic carbocycles. The van der Waals surface area contributed by atoms with Crippen LogP contribution in [0.15, 0.2) is 0 Å². The molecule has 88 valence electrons. The Labute approximate surface area is 94.9 Å². The summed E-state index contributed by atoms with van der Waals surface area (Å²) in [6.07, 6.45) is 3.29. The average molecular weight is 222 g/mol. The fourth-order valence-corrected chi connectivity index (χ4v) is 2.39. The lowest BCUT2D eigenvalue weighted by molar-refractivity contribution is 0.110. The monoisotopic (exact) mass is 222 g/mol. The fraction of sp³-hybridized carbons (Fsp3) is 0.727. The summed E-state index contributed by atoms with van der Waals surface area (Å²) in [6, 6.07) is 0.551. The highest BCUT2D eigenvalue weighted by Gasteiger charge is 2.20. The number of fused-ring (bicyclic) bond motifs is 1. The van der Waals surface area contributed by atoms with Crippen LogP contribution in [0.25, 0.3) is 0 Å². The van der Waals surface area contributed by atoms with E-state index >= 15 is 0 Å². The lowest BCUT2D eigenvalue weighted by Gasteiger charge is -2.24. The Hall–Kier alpha value is -1.07. The van der Waals surface area contributed by atoms with Gasteiger partial charge in [-0.15, -0.1) is 0 Å². The van der Waals surface area contributed by atoms with Crippen LogP contribution in [0.4, 0.5) is 5.82 Å². The summed E-state index contributed by atoms with van der Waals surface area (Å²) in [6.45, 7) is 3.70. The summed E-state index contributed by atoms with van der Waals surface area (Å²) in [4.78, 5) is 0. The minimum atomic E-state index is 0.551. The number of anilines is 1. The number of nitrogens with one attached hydrogen (secondary N) is 3. The number of H-pyrrole nitrogens is 1. The van der Waals surface area contributed by atoms with E-state index in [2.05, 4.69) is 20.8 Å². The molecule has 2 aliphatic heterocycles. The van der Waals surface area contributed by atoms with Crippen molar-refractivity contribution in [1.82, 2.24) is 15.5 Å². The van der Waals surface area contributed by atoms with E-state index in [1.807, 2.05) is 0 Å². The van der Waals surface area contributed by atoms with Crippen molar-refractivity contribution in [2.24, 2.45) is 0 Å². The van der Waals surface area contributed by atoms with Crippen molar-refractivity contribution >= 4 is 5.82 Å². The van der Waals surface area contributed by atoms with Crippen LogP contribution in [0.2, 0.25) is 0 Å². The minimum Gasteiger partial charge on any atom is -0.376 e. The van der Waals surface area contributed by atoms with E-state index in [0.717, 1.165) is 31.9 Å². The number of rotatable bonds is 2. The molecule has 16 heavy (non-hydrogen) atoms. The average Bonchev–Trinajstić information content (AvgIpc) is 2.74. The van der Waals surface area contributed by atoms with E-state index in [0.29, 0.717) is 12.6 Å². The van der Waals surface area contributed by atoms with Gasteiger partial charge in [0.15, 0.2) is 5.82 Å². The lowest BCUT2D eigenvalue weighted by atomic mass is 10.1. The zero-order valence-electron chi connectivity index (χ0n) is 9.38. The van der Waals surface area contributed by atoms with E-state index in [1.165, 1.54) is 24.1 Å². The molecule has 3 N–H and O–H groups in total. The van der Waals surface area contributed by atoms with E-state index in [9.17, 15) is 0 Å². The third kappa shape index (κ3) is 1.92. The molecule has 1 aromatic heterocycles. The second-order valence-electron chi connectivity index (χ2n) is 4.50. The van der Waals surface area contributed by atoms with Crippen molar-refractivity contribution in [1.29, 1.82) is 0 Å². The Bertz CT molecular complexity index is 357. The van der Waals surface area contributed by atoms with Crippen LogP contribution in [0.5, 0.6) is 0 Å². The number of aromatic amines is 1. The molecule has 0 aliphatic carbocycles. The highest BCUT2D eigenvalue weighted by atomic mass is 16.5. The largest absolute Gasteiger partial charge is 0.376 e. The zero-order valence-corrected chi connectivity index (χ0v) is 9.38. The van der Waals surface area contributed by atoms with Gasteiger partial charge in [-0.25, -0.2) is 0 Å². The van der Waals surface area contributed by atoms with Crippen molar-refractivity contribution < 1.29 is 4.74 Å². The zero-order chi connectivity index (χ0) is 10.8. The van der Waals surface area contributed by atoms with Gasteiger partial charge in [-0.2, -0.15) is 5.10 Å². The molecule has 3 rings (SSSR count). The molecule has 1 aromatic rings. The summed E-state index contributed by atoms with van der Waals surface area (Å²) in [7, 11) is 0. The van der Waals surface area contributed by atoms with Crippen LogP contribution in [0.1, 0.15) is 24.1 Å². The molecule has 1 fully saturated rings. The van der Waals surface area contributed by atoms with Gasteiger partial charge < -0.3 is 15.4 Å². The summed E-state index contributed by atoms with van der Waals surface area (Å²) in [5.74, 6) is 1.00. The van der Waals surface area contributed by atoms with Gasteiger partial charge in [-0.05, 0) is 25.9 Å². The molecule has 5 nitrogen and oxygen atoms in total. The summed E-state index contributed by atoms with van der Waals surface area (Å²) >= 11 is 0. The Balaban J connectivity index is 1.71. The van der Waals surface area contributed by atoms with Crippen LogP contribution < -0.4 is 10.6 Å². The first-order valence-corrected chi connectivity index (χ1v) is 6.04. The highest BCUT2D eigenvalue weighted by Crippen LogP contribution is 2.23. The lowest BCUT2D eigenvalue weighted by Crippen LogP contribution is -2.35. The Morgan fingerprint density at radius 1 is 1.31 bits per heavy atom. The molecule has 0 spiro atoms. The minimum absolute atomic E-state index is 0.551. The van der Waals surface area contributed by atoms with E-state index < -0.39 is 0 Å². The smallest absolute Gasteiger partial charge is 0.153 e. The van der Waals surface area contributed by atoms with Crippen LogP contribution in [0, 0.1) is 0 Å². The number of aromatic nitrogens is 2. The summed E-state index contributed by atoms with van der Waals surface area (Å²) < 4.78 is 5.47. The SMILES string of the molecule is C1CC(Nc2n[nH]c3c2COCC3)CCN1. The Morgan fingerprint density at radius 2 is 2.19 bits per heavy atom. The predicted octanol–water partition coefficient (Wildman–Crippen LogP) is 0.646. The van der Waals surface area contributed by atoms with Crippen LogP contribution in [-0.4, -0.2) is 35.9 Å². The maximum absolute atomic E-state index is 5.47. The van der Waals surface area contributed by atoms with Gasteiger partial charge in [-0.3, -0.25) is 5.10 Å². The topological polar surface area (TPSA) is 62.0 Å². The molecule has 0 amide bonds. The maximum atomic E-state index is 5.47. The third-order valence-electron chi connectivity index (χ3n) is 3.38. The quantitative estimate of drug-likeness (QED) is 0.687. The maximum Gasteiger partial charge on any atom is 0.153 e. The van der Waals surface area contributed by atoms with Crippen molar-refractivity contribution in [3.63, 3.8) is 0 Å². The van der Waals surface area contributed by atoms with E-state index in [4.69, 9.17) is 4.74 Å². The van der Waals surface area contributed by atoms with Crippen molar-refractivity contribution in [2.45, 2.75) is 31.9 Å². The van der Waals surface area contributed by atoms with Crippen LogP contribution in [0.3, 0.4) is 0 Å². The molecule has 0 atom stereocenters. The van der Waals surface area contributed by atoms with Crippen molar-refractivity contribution in [2.75, 3.05) is 25.0 Å². The van der Waals surface area contributed by atoms with E-state index in [1.54, 1.807) is 0 Å². The number of piperidine rings is 1. The second-order valence-corrected chi connectivity index (χ2v) is 4.50. The number of hydrogen-bond acceptors (Lipinski definition) is 4. The first-order chi connectivity index (χ1) is 7.93. The normalized spacial score (nSPS) is 21.8. The molecule has 1 saturated heterocycles.